The van der Waals surface area contributed by atoms with Crippen molar-refractivity contribution >= 4 is 27.1 Å². The zero-order valence-electron chi connectivity index (χ0n) is 14.9. The summed E-state index contributed by atoms with van der Waals surface area (Å²) in [5.41, 5.74) is 0.924. The predicted octanol–water partition coefficient (Wildman–Crippen LogP) is 1.59. The molecule has 4 rings (SSSR count). The van der Waals surface area contributed by atoms with Crippen molar-refractivity contribution in [1.29, 1.82) is 0 Å². The van der Waals surface area contributed by atoms with Gasteiger partial charge < -0.3 is 14.5 Å². The van der Waals surface area contributed by atoms with Crippen LogP contribution in [0.5, 0.6) is 0 Å². The fraction of sp³-hybridized carbons (Fsp3) is 0.611. The predicted molar refractivity (Wildman–Crippen MR) is 96.7 cm³/mol. The van der Waals surface area contributed by atoms with E-state index in [-0.39, 0.29) is 48.0 Å². The Hall–Kier alpha value is -1.67. The van der Waals surface area contributed by atoms with Crippen LogP contribution in [0.1, 0.15) is 20.3 Å². The van der Waals surface area contributed by atoms with Gasteiger partial charge in [-0.1, -0.05) is 0 Å². The number of rotatable bonds is 2. The van der Waals surface area contributed by atoms with Gasteiger partial charge in [-0.3, -0.25) is 4.79 Å². The van der Waals surface area contributed by atoms with Gasteiger partial charge in [-0.05, 0) is 32.0 Å². The average molecular weight is 382 g/mol. The van der Waals surface area contributed by atoms with Gasteiger partial charge in [0.05, 0.1) is 35.4 Å². The van der Waals surface area contributed by atoms with Crippen LogP contribution in [0.15, 0.2) is 18.2 Å². The van der Waals surface area contributed by atoms with Gasteiger partial charge in [0.15, 0.2) is 9.84 Å². The second-order valence-electron chi connectivity index (χ2n) is 7.67. The molecule has 0 N–H and O–H groups in total. The number of carbonyl (C=O) groups is 1. The molecule has 3 heterocycles. The van der Waals surface area contributed by atoms with E-state index in [0.29, 0.717) is 24.5 Å². The van der Waals surface area contributed by atoms with Crippen molar-refractivity contribution in [3.8, 4) is 0 Å². The Morgan fingerprint density at radius 2 is 1.85 bits per heavy atom. The summed E-state index contributed by atoms with van der Waals surface area (Å²) in [6.07, 6.45) is 0.246. The molecule has 0 aliphatic carbocycles. The zero-order valence-corrected chi connectivity index (χ0v) is 15.7. The van der Waals surface area contributed by atoms with Crippen LogP contribution < -0.4 is 9.80 Å². The van der Waals surface area contributed by atoms with Gasteiger partial charge in [0.25, 0.3) is 0 Å². The van der Waals surface area contributed by atoms with Crippen LogP contribution in [0.3, 0.4) is 0 Å². The van der Waals surface area contributed by atoms with Crippen molar-refractivity contribution in [3.63, 3.8) is 0 Å². The first kappa shape index (κ1) is 17.7. The summed E-state index contributed by atoms with van der Waals surface area (Å²) < 4.78 is 44.3. The number of benzene rings is 1. The molecule has 6 nitrogen and oxygen atoms in total. The molecule has 4 atom stereocenters. The average Bonchev–Trinajstić information content (AvgIpc) is 2.95. The molecule has 0 unspecified atom stereocenters. The van der Waals surface area contributed by atoms with Gasteiger partial charge in [-0.2, -0.15) is 0 Å². The number of nitrogens with zero attached hydrogens (tertiary/aromatic N) is 2. The molecule has 8 heteroatoms. The molecule has 0 aromatic heterocycles. The summed E-state index contributed by atoms with van der Waals surface area (Å²) in [6, 6.07) is 4.38. The van der Waals surface area contributed by atoms with E-state index in [9.17, 15) is 17.6 Å². The first-order valence-corrected chi connectivity index (χ1v) is 10.8. The lowest BCUT2D eigenvalue weighted by Gasteiger charge is -2.37. The first-order valence-electron chi connectivity index (χ1n) is 8.96. The summed E-state index contributed by atoms with van der Waals surface area (Å²) in [6.45, 7) is 5.12. The van der Waals surface area contributed by atoms with Crippen molar-refractivity contribution in [2.24, 2.45) is 5.92 Å². The summed E-state index contributed by atoms with van der Waals surface area (Å²) in [4.78, 5) is 15.8. The van der Waals surface area contributed by atoms with Crippen LogP contribution in [0, 0.1) is 11.7 Å². The molecule has 1 aromatic rings. The highest BCUT2D eigenvalue weighted by Crippen LogP contribution is 2.38. The van der Waals surface area contributed by atoms with Gasteiger partial charge in [-0.15, -0.1) is 0 Å². The molecule has 0 radical (unpaired) electrons. The number of sulfone groups is 1. The maximum Gasteiger partial charge on any atom is 0.227 e. The van der Waals surface area contributed by atoms with Gasteiger partial charge in [0.1, 0.15) is 5.82 Å². The number of anilines is 2. The Kier molecular flexibility index (Phi) is 4.23. The van der Waals surface area contributed by atoms with Crippen LogP contribution in [-0.2, 0) is 19.4 Å². The Balaban J connectivity index is 1.61. The van der Waals surface area contributed by atoms with Crippen molar-refractivity contribution in [2.75, 3.05) is 34.4 Å². The Morgan fingerprint density at radius 3 is 2.50 bits per heavy atom. The fourth-order valence-corrected chi connectivity index (χ4v) is 6.57. The summed E-state index contributed by atoms with van der Waals surface area (Å²) in [7, 11) is -3.13. The molecule has 3 aliphatic rings. The number of amides is 1. The standard InChI is InChI=1S/C18H23FN2O4S/c1-11-7-20(8-12(2)25-11)16-4-3-14(6-15(16)19)21-17-10-26(23,24)9-13(17)5-18(21)22/h3-4,6,11-13,17H,5,7-10H2,1-2H3/t11-,12-,13-,17+/m1/s1. The lowest BCUT2D eigenvalue weighted by atomic mass is 10.0. The highest BCUT2D eigenvalue weighted by Gasteiger charge is 2.49. The molecule has 142 valence electrons. The third-order valence-electron chi connectivity index (χ3n) is 5.44. The van der Waals surface area contributed by atoms with E-state index in [1.807, 2.05) is 18.7 Å². The van der Waals surface area contributed by atoms with Crippen LogP contribution in [-0.4, -0.2) is 57.2 Å². The van der Waals surface area contributed by atoms with Gasteiger partial charge in [0, 0.05) is 31.1 Å². The number of carbonyl (C=O) groups excluding carboxylic acids is 1. The molecule has 1 amide bonds. The molecule has 0 bridgehead atoms. The Bertz CT molecular complexity index is 834. The van der Waals surface area contributed by atoms with E-state index < -0.39 is 15.7 Å². The molecule has 3 saturated heterocycles. The van der Waals surface area contributed by atoms with Gasteiger partial charge >= 0.3 is 0 Å². The Morgan fingerprint density at radius 1 is 1.15 bits per heavy atom. The summed E-state index contributed by atoms with van der Waals surface area (Å²) >= 11 is 0. The lowest BCUT2D eigenvalue weighted by molar-refractivity contribution is -0.117. The maximum atomic E-state index is 14.8. The smallest absolute Gasteiger partial charge is 0.227 e. The van der Waals surface area contributed by atoms with Crippen LogP contribution in [0.2, 0.25) is 0 Å². The second-order valence-corrected chi connectivity index (χ2v) is 9.82. The monoisotopic (exact) mass is 382 g/mol. The molecule has 26 heavy (non-hydrogen) atoms. The van der Waals surface area contributed by atoms with E-state index in [4.69, 9.17) is 4.74 Å². The highest BCUT2D eigenvalue weighted by molar-refractivity contribution is 7.91. The zero-order chi connectivity index (χ0) is 18.6. The number of ether oxygens (including phenoxy) is 1. The number of halogens is 1. The van der Waals surface area contributed by atoms with E-state index in [1.165, 1.54) is 11.0 Å². The van der Waals surface area contributed by atoms with Gasteiger partial charge in [-0.25, -0.2) is 12.8 Å². The van der Waals surface area contributed by atoms with Gasteiger partial charge in [0.2, 0.25) is 5.91 Å². The lowest BCUT2D eigenvalue weighted by Crippen LogP contribution is -2.45. The maximum absolute atomic E-state index is 14.8. The fourth-order valence-electron chi connectivity index (χ4n) is 4.50. The molecule has 1 aromatic carbocycles. The number of fused-ring (bicyclic) bond motifs is 1. The van der Waals surface area contributed by atoms with Crippen molar-refractivity contribution < 1.29 is 22.3 Å². The molecule has 0 spiro atoms. The third kappa shape index (κ3) is 3.09. The first-order chi connectivity index (χ1) is 12.2. The molecular weight excluding hydrogens is 359 g/mol. The topological polar surface area (TPSA) is 66.9 Å². The molecule has 3 aliphatic heterocycles. The summed E-state index contributed by atoms with van der Waals surface area (Å²) in [5.74, 6) is -0.706. The third-order valence-corrected chi connectivity index (χ3v) is 7.23. The van der Waals surface area contributed by atoms with Crippen molar-refractivity contribution in [3.05, 3.63) is 24.0 Å². The largest absolute Gasteiger partial charge is 0.372 e. The molecule has 3 fully saturated rings. The van der Waals surface area contributed by atoms with Crippen molar-refractivity contribution in [2.45, 2.75) is 38.5 Å². The van der Waals surface area contributed by atoms with Crippen LogP contribution >= 0.6 is 0 Å². The van der Waals surface area contributed by atoms with E-state index in [0.717, 1.165) is 0 Å². The number of hydrogen-bond donors (Lipinski definition) is 0. The van der Waals surface area contributed by atoms with Crippen LogP contribution in [0.25, 0.3) is 0 Å². The quantitative estimate of drug-likeness (QED) is 0.777. The van der Waals surface area contributed by atoms with E-state index in [1.54, 1.807) is 12.1 Å². The minimum atomic E-state index is -3.13. The van der Waals surface area contributed by atoms with Crippen LogP contribution in [0.4, 0.5) is 15.8 Å². The second kappa shape index (κ2) is 6.20. The number of morpholine rings is 1. The summed E-state index contributed by atoms with van der Waals surface area (Å²) in [5, 5.41) is 0. The van der Waals surface area contributed by atoms with E-state index >= 15 is 0 Å². The Labute approximate surface area is 152 Å². The molecular formula is C18H23FN2O4S. The van der Waals surface area contributed by atoms with E-state index in [2.05, 4.69) is 0 Å². The SMILES string of the molecule is C[C@@H]1CN(c2ccc(N3C(=O)C[C@@H]4CS(=O)(=O)C[C@@H]43)cc2F)C[C@@H](C)O1. The normalized spacial score (nSPS) is 33.6. The minimum Gasteiger partial charge on any atom is -0.372 e. The molecule has 0 saturated carbocycles. The van der Waals surface area contributed by atoms with Crippen molar-refractivity contribution in [1.82, 2.24) is 0 Å². The minimum absolute atomic E-state index is 0.0161. The number of hydrogen-bond acceptors (Lipinski definition) is 5. The highest BCUT2D eigenvalue weighted by atomic mass is 32.2.